The third-order valence-corrected chi connectivity index (χ3v) is 3.27. The molecule has 1 fully saturated rings. The first-order valence-electron chi connectivity index (χ1n) is 5.54. The van der Waals surface area contributed by atoms with Gasteiger partial charge in [-0.1, -0.05) is 13.3 Å². The van der Waals surface area contributed by atoms with Crippen LogP contribution >= 0.6 is 0 Å². The average molecular weight is 200 g/mol. The molecule has 0 radical (unpaired) electrons. The molecule has 3 heteroatoms. The fraction of sp³-hybridized carbons (Fsp3) is 0.909. The van der Waals surface area contributed by atoms with Gasteiger partial charge in [0.1, 0.15) is 0 Å². The van der Waals surface area contributed by atoms with Gasteiger partial charge in [0.15, 0.2) is 5.60 Å². The van der Waals surface area contributed by atoms with Crippen LogP contribution in [0.4, 0.5) is 0 Å². The Morgan fingerprint density at radius 3 is 2.71 bits per heavy atom. The van der Waals surface area contributed by atoms with E-state index in [1.807, 2.05) is 13.8 Å². The maximum absolute atomic E-state index is 11.3. The molecule has 0 spiro atoms. The van der Waals surface area contributed by atoms with Gasteiger partial charge < -0.3 is 9.84 Å². The summed E-state index contributed by atoms with van der Waals surface area (Å²) in [5.74, 6) is -0.584. The summed E-state index contributed by atoms with van der Waals surface area (Å²) in [5, 5.41) is 9.30. The molecule has 0 heterocycles. The fourth-order valence-electron chi connectivity index (χ4n) is 2.54. The van der Waals surface area contributed by atoms with Gasteiger partial charge in [-0.05, 0) is 38.5 Å². The van der Waals surface area contributed by atoms with Crippen LogP contribution in [0.2, 0.25) is 0 Å². The Balaban J connectivity index is 2.84. The van der Waals surface area contributed by atoms with Gasteiger partial charge in [0.05, 0.1) is 0 Å². The summed E-state index contributed by atoms with van der Waals surface area (Å²) in [6, 6.07) is 0. The van der Waals surface area contributed by atoms with Gasteiger partial charge in [-0.3, -0.25) is 0 Å². The standard InChI is InChI=1S/C11H20O3/c1-3-9-7-5-6-8-11(9,10(12)13)14-4-2/h9H,3-8H2,1-2H3,(H,12,13). The van der Waals surface area contributed by atoms with Crippen LogP contribution < -0.4 is 0 Å². The van der Waals surface area contributed by atoms with Gasteiger partial charge in [0.2, 0.25) is 0 Å². The van der Waals surface area contributed by atoms with E-state index in [1.54, 1.807) is 0 Å². The predicted octanol–water partition coefficient (Wildman–Crippen LogP) is 2.45. The van der Waals surface area contributed by atoms with Crippen molar-refractivity contribution >= 4 is 5.97 Å². The molecule has 0 aliphatic heterocycles. The first kappa shape index (κ1) is 11.5. The zero-order chi connectivity index (χ0) is 10.6. The van der Waals surface area contributed by atoms with E-state index in [2.05, 4.69) is 0 Å². The Labute approximate surface area is 85.5 Å². The number of rotatable bonds is 4. The van der Waals surface area contributed by atoms with Crippen LogP contribution in [-0.4, -0.2) is 23.3 Å². The molecule has 1 rings (SSSR count). The number of hydrogen-bond donors (Lipinski definition) is 1. The SMILES string of the molecule is CCOC1(C(=O)O)CCCCC1CC. The highest BCUT2D eigenvalue weighted by Crippen LogP contribution is 2.39. The van der Waals surface area contributed by atoms with Crippen molar-refractivity contribution < 1.29 is 14.6 Å². The second-order valence-electron chi connectivity index (χ2n) is 3.98. The minimum Gasteiger partial charge on any atom is -0.479 e. The molecule has 1 N–H and O–H groups in total. The smallest absolute Gasteiger partial charge is 0.336 e. The maximum atomic E-state index is 11.3. The molecule has 0 bridgehead atoms. The molecule has 82 valence electrons. The van der Waals surface area contributed by atoms with Crippen molar-refractivity contribution in [2.24, 2.45) is 5.92 Å². The number of carboxylic acids is 1. The van der Waals surface area contributed by atoms with Gasteiger partial charge in [-0.2, -0.15) is 0 Å². The van der Waals surface area contributed by atoms with Gasteiger partial charge in [0, 0.05) is 6.61 Å². The molecule has 0 aromatic rings. The van der Waals surface area contributed by atoms with Gasteiger partial charge in [0.25, 0.3) is 0 Å². The van der Waals surface area contributed by atoms with Gasteiger partial charge >= 0.3 is 5.97 Å². The van der Waals surface area contributed by atoms with Crippen LogP contribution in [0.3, 0.4) is 0 Å². The van der Waals surface area contributed by atoms with Crippen molar-refractivity contribution in [2.45, 2.75) is 51.6 Å². The molecular weight excluding hydrogens is 180 g/mol. The summed E-state index contributed by atoms with van der Waals surface area (Å²) >= 11 is 0. The molecule has 0 saturated heterocycles. The molecule has 0 aromatic heterocycles. The minimum atomic E-state index is -0.887. The van der Waals surface area contributed by atoms with Crippen molar-refractivity contribution in [2.75, 3.05) is 6.61 Å². The largest absolute Gasteiger partial charge is 0.479 e. The molecule has 0 amide bonds. The number of aliphatic carboxylic acids is 1. The molecule has 1 aliphatic carbocycles. The van der Waals surface area contributed by atoms with Crippen molar-refractivity contribution in [1.29, 1.82) is 0 Å². The van der Waals surface area contributed by atoms with Crippen LogP contribution in [0.5, 0.6) is 0 Å². The highest BCUT2D eigenvalue weighted by molar-refractivity contribution is 5.78. The first-order chi connectivity index (χ1) is 6.67. The quantitative estimate of drug-likeness (QED) is 0.758. The molecule has 2 atom stereocenters. The summed E-state index contributed by atoms with van der Waals surface area (Å²) < 4.78 is 5.54. The van der Waals surface area contributed by atoms with Crippen LogP contribution in [-0.2, 0) is 9.53 Å². The van der Waals surface area contributed by atoms with Crippen LogP contribution in [0.25, 0.3) is 0 Å². The molecule has 1 saturated carbocycles. The summed E-state index contributed by atoms with van der Waals surface area (Å²) in [5.41, 5.74) is -0.887. The zero-order valence-electron chi connectivity index (χ0n) is 9.08. The summed E-state index contributed by atoms with van der Waals surface area (Å²) in [6.07, 6.45) is 4.67. The Bertz CT molecular complexity index is 199. The van der Waals surface area contributed by atoms with E-state index in [0.717, 1.165) is 25.7 Å². The van der Waals surface area contributed by atoms with Crippen LogP contribution in [0, 0.1) is 5.92 Å². The van der Waals surface area contributed by atoms with Crippen molar-refractivity contribution in [3.05, 3.63) is 0 Å². The van der Waals surface area contributed by atoms with E-state index < -0.39 is 11.6 Å². The predicted molar refractivity (Wildman–Crippen MR) is 54.2 cm³/mol. The van der Waals surface area contributed by atoms with Crippen molar-refractivity contribution in [1.82, 2.24) is 0 Å². The lowest BCUT2D eigenvalue weighted by molar-refractivity contribution is -0.180. The highest BCUT2D eigenvalue weighted by Gasteiger charge is 2.47. The van der Waals surface area contributed by atoms with Gasteiger partial charge in [-0.25, -0.2) is 4.79 Å². The average Bonchev–Trinajstić information content (AvgIpc) is 2.18. The maximum Gasteiger partial charge on any atom is 0.336 e. The van der Waals surface area contributed by atoms with E-state index in [9.17, 15) is 9.90 Å². The van der Waals surface area contributed by atoms with E-state index in [1.165, 1.54) is 0 Å². The third-order valence-electron chi connectivity index (χ3n) is 3.27. The molecule has 1 aliphatic rings. The lowest BCUT2D eigenvalue weighted by Crippen LogP contribution is -2.50. The number of carbonyl (C=O) groups is 1. The topological polar surface area (TPSA) is 46.5 Å². The second-order valence-corrected chi connectivity index (χ2v) is 3.98. The first-order valence-corrected chi connectivity index (χ1v) is 5.54. The summed E-state index contributed by atoms with van der Waals surface area (Å²) in [4.78, 5) is 11.3. The Morgan fingerprint density at radius 2 is 2.21 bits per heavy atom. The van der Waals surface area contributed by atoms with Crippen LogP contribution in [0.15, 0.2) is 0 Å². The van der Waals surface area contributed by atoms with Gasteiger partial charge in [-0.15, -0.1) is 0 Å². The molecule has 3 nitrogen and oxygen atoms in total. The summed E-state index contributed by atoms with van der Waals surface area (Å²) in [7, 11) is 0. The molecule has 14 heavy (non-hydrogen) atoms. The normalized spacial score (nSPS) is 32.9. The van der Waals surface area contributed by atoms with Crippen molar-refractivity contribution in [3.8, 4) is 0 Å². The second kappa shape index (κ2) is 4.78. The van der Waals surface area contributed by atoms with E-state index in [4.69, 9.17) is 4.74 Å². The van der Waals surface area contributed by atoms with E-state index in [0.29, 0.717) is 13.0 Å². The summed E-state index contributed by atoms with van der Waals surface area (Å²) in [6.45, 7) is 4.40. The Kier molecular flexibility index (Phi) is 3.93. The number of hydrogen-bond acceptors (Lipinski definition) is 2. The molecule has 0 aromatic carbocycles. The minimum absolute atomic E-state index is 0.189. The third kappa shape index (κ3) is 1.92. The zero-order valence-corrected chi connectivity index (χ0v) is 9.08. The number of carboxylic acid groups (broad SMARTS) is 1. The lowest BCUT2D eigenvalue weighted by atomic mass is 9.74. The molecular formula is C11H20O3. The highest BCUT2D eigenvalue weighted by atomic mass is 16.5. The molecule has 2 unspecified atom stereocenters. The lowest BCUT2D eigenvalue weighted by Gasteiger charge is -2.39. The van der Waals surface area contributed by atoms with Crippen LogP contribution in [0.1, 0.15) is 46.0 Å². The monoisotopic (exact) mass is 200 g/mol. The van der Waals surface area contributed by atoms with E-state index in [-0.39, 0.29) is 5.92 Å². The number of ether oxygens (including phenoxy) is 1. The fourth-order valence-corrected chi connectivity index (χ4v) is 2.54. The van der Waals surface area contributed by atoms with E-state index >= 15 is 0 Å². The Hall–Kier alpha value is -0.570. The van der Waals surface area contributed by atoms with Crippen molar-refractivity contribution in [3.63, 3.8) is 0 Å². The Morgan fingerprint density at radius 1 is 1.50 bits per heavy atom.